The highest BCUT2D eigenvalue weighted by molar-refractivity contribution is 5.40. The summed E-state index contributed by atoms with van der Waals surface area (Å²) in [6, 6.07) is 9.05. The van der Waals surface area contributed by atoms with E-state index >= 15 is 0 Å². The van der Waals surface area contributed by atoms with Crippen LogP contribution in [0.5, 0.6) is 5.75 Å². The summed E-state index contributed by atoms with van der Waals surface area (Å²) >= 11 is 0. The fraction of sp³-hybridized carbons (Fsp3) is 0.579. The van der Waals surface area contributed by atoms with Gasteiger partial charge in [-0.05, 0) is 38.3 Å². The number of unbranched alkanes of at least 4 members (excludes halogenated alkanes) is 3. The molecule has 0 saturated carbocycles. The Morgan fingerprint density at radius 1 is 1.33 bits per heavy atom. The van der Waals surface area contributed by atoms with E-state index in [0.717, 1.165) is 25.3 Å². The van der Waals surface area contributed by atoms with Gasteiger partial charge >= 0.3 is 0 Å². The number of ether oxygens (including phenoxy) is 1. The maximum atomic E-state index is 5.86. The molecule has 2 atom stereocenters. The summed E-state index contributed by atoms with van der Waals surface area (Å²) < 4.78 is 5.86. The fourth-order valence-corrected chi connectivity index (χ4v) is 3.13. The molecule has 1 aliphatic rings. The average Bonchev–Trinajstić information content (AvgIpc) is 2.94. The highest BCUT2D eigenvalue weighted by atomic mass is 16.5. The lowest BCUT2D eigenvalue weighted by Crippen LogP contribution is -2.36. The van der Waals surface area contributed by atoms with Crippen LogP contribution in [0.2, 0.25) is 0 Å². The van der Waals surface area contributed by atoms with Gasteiger partial charge in [-0.15, -0.1) is 6.58 Å². The summed E-state index contributed by atoms with van der Waals surface area (Å²) in [7, 11) is 0. The third-order valence-electron chi connectivity index (χ3n) is 4.30. The van der Waals surface area contributed by atoms with Gasteiger partial charge in [0.1, 0.15) is 5.75 Å². The lowest BCUT2D eigenvalue weighted by molar-refractivity contribution is 0.288. The fourth-order valence-electron chi connectivity index (χ4n) is 3.13. The van der Waals surface area contributed by atoms with Crippen LogP contribution < -0.4 is 10.1 Å². The van der Waals surface area contributed by atoms with Crippen LogP contribution in [0.1, 0.15) is 56.9 Å². The Hall–Kier alpha value is -1.28. The highest BCUT2D eigenvalue weighted by Crippen LogP contribution is 2.36. The second-order valence-corrected chi connectivity index (χ2v) is 5.94. The molecule has 1 N–H and O–H groups in total. The molecule has 0 saturated heterocycles. The van der Waals surface area contributed by atoms with Gasteiger partial charge in [0.15, 0.2) is 0 Å². The molecule has 2 rings (SSSR count). The minimum Gasteiger partial charge on any atom is -0.493 e. The van der Waals surface area contributed by atoms with Gasteiger partial charge in [0, 0.05) is 17.5 Å². The Bertz CT molecular complexity index is 429. The van der Waals surface area contributed by atoms with E-state index in [2.05, 4.69) is 43.1 Å². The summed E-state index contributed by atoms with van der Waals surface area (Å²) in [6.45, 7) is 7.94. The van der Waals surface area contributed by atoms with E-state index in [0.29, 0.717) is 12.0 Å². The van der Waals surface area contributed by atoms with Crippen molar-refractivity contribution in [2.24, 2.45) is 0 Å². The minimum absolute atomic E-state index is 0.507. The number of hydrogen-bond acceptors (Lipinski definition) is 2. The average molecular weight is 287 g/mol. The Kier molecular flexibility index (Phi) is 6.81. The van der Waals surface area contributed by atoms with Crippen molar-refractivity contribution < 1.29 is 4.74 Å². The molecule has 1 aromatic carbocycles. The second kappa shape index (κ2) is 8.89. The zero-order chi connectivity index (χ0) is 14.9. The smallest absolute Gasteiger partial charge is 0.122 e. The number of fused-ring (bicyclic) bond motifs is 1. The standard InChI is InChI=1S/C19H29NO/c1-3-5-6-7-8-12-18(20-14-4-2)17-15-21-19-13-10-9-11-16(17)19/h3,9-11,13,17-18,20H,1,4-8,12,14-15H2,2H3. The van der Waals surface area contributed by atoms with Crippen molar-refractivity contribution in [1.82, 2.24) is 5.32 Å². The van der Waals surface area contributed by atoms with Crippen LogP contribution in [0, 0.1) is 0 Å². The van der Waals surface area contributed by atoms with Gasteiger partial charge in [0.2, 0.25) is 0 Å². The number of hydrogen-bond donors (Lipinski definition) is 1. The Labute approximate surface area is 129 Å². The van der Waals surface area contributed by atoms with Gasteiger partial charge in [0.25, 0.3) is 0 Å². The van der Waals surface area contributed by atoms with Crippen LogP contribution in [0.15, 0.2) is 36.9 Å². The van der Waals surface area contributed by atoms with Crippen molar-refractivity contribution in [2.75, 3.05) is 13.2 Å². The van der Waals surface area contributed by atoms with E-state index in [1.807, 2.05) is 6.08 Å². The summed E-state index contributed by atoms with van der Waals surface area (Å²) in [4.78, 5) is 0. The van der Waals surface area contributed by atoms with Crippen molar-refractivity contribution in [3.63, 3.8) is 0 Å². The summed E-state index contributed by atoms with van der Waals surface area (Å²) in [5, 5.41) is 3.74. The van der Waals surface area contributed by atoms with Crippen molar-refractivity contribution in [2.45, 2.75) is 57.4 Å². The van der Waals surface area contributed by atoms with Gasteiger partial charge in [-0.2, -0.15) is 0 Å². The van der Waals surface area contributed by atoms with Crippen LogP contribution in [0.3, 0.4) is 0 Å². The molecule has 21 heavy (non-hydrogen) atoms. The van der Waals surface area contributed by atoms with Gasteiger partial charge in [-0.25, -0.2) is 0 Å². The Balaban J connectivity index is 1.91. The Morgan fingerprint density at radius 3 is 3.00 bits per heavy atom. The third-order valence-corrected chi connectivity index (χ3v) is 4.30. The van der Waals surface area contributed by atoms with Crippen LogP contribution in [0.4, 0.5) is 0 Å². The molecule has 0 fully saturated rings. The predicted octanol–water partition coefficient (Wildman–Crippen LogP) is 4.67. The molecule has 0 bridgehead atoms. The van der Waals surface area contributed by atoms with Crippen molar-refractivity contribution >= 4 is 0 Å². The largest absolute Gasteiger partial charge is 0.493 e. The summed E-state index contributed by atoms with van der Waals surface area (Å²) in [5.41, 5.74) is 1.39. The van der Waals surface area contributed by atoms with Crippen LogP contribution in [-0.4, -0.2) is 19.2 Å². The molecule has 0 amide bonds. The van der Waals surface area contributed by atoms with E-state index in [1.165, 1.54) is 37.7 Å². The van der Waals surface area contributed by atoms with Crippen LogP contribution in [-0.2, 0) is 0 Å². The molecule has 2 nitrogen and oxygen atoms in total. The van der Waals surface area contributed by atoms with Gasteiger partial charge in [-0.1, -0.05) is 44.0 Å². The highest BCUT2D eigenvalue weighted by Gasteiger charge is 2.30. The van der Waals surface area contributed by atoms with Gasteiger partial charge < -0.3 is 10.1 Å². The maximum absolute atomic E-state index is 5.86. The molecule has 0 spiro atoms. The van der Waals surface area contributed by atoms with Crippen molar-refractivity contribution in [3.8, 4) is 5.75 Å². The molecule has 2 heteroatoms. The van der Waals surface area contributed by atoms with Crippen LogP contribution in [0.25, 0.3) is 0 Å². The molecule has 116 valence electrons. The zero-order valence-electron chi connectivity index (χ0n) is 13.3. The van der Waals surface area contributed by atoms with Gasteiger partial charge in [0.05, 0.1) is 6.61 Å². The lowest BCUT2D eigenvalue weighted by atomic mass is 9.89. The number of para-hydroxylation sites is 1. The van der Waals surface area contributed by atoms with E-state index < -0.39 is 0 Å². The van der Waals surface area contributed by atoms with Crippen molar-refractivity contribution in [1.29, 1.82) is 0 Å². The predicted molar refractivity (Wildman–Crippen MR) is 90.0 cm³/mol. The number of allylic oxidation sites excluding steroid dienone is 1. The molecule has 0 radical (unpaired) electrons. The molecular weight excluding hydrogens is 258 g/mol. The second-order valence-electron chi connectivity index (χ2n) is 5.94. The normalized spacial score (nSPS) is 18.0. The first-order valence-corrected chi connectivity index (χ1v) is 8.42. The van der Waals surface area contributed by atoms with E-state index in [9.17, 15) is 0 Å². The molecule has 0 aliphatic carbocycles. The molecule has 1 aliphatic heterocycles. The zero-order valence-corrected chi connectivity index (χ0v) is 13.3. The van der Waals surface area contributed by atoms with E-state index in [1.54, 1.807) is 0 Å². The van der Waals surface area contributed by atoms with E-state index in [-0.39, 0.29) is 0 Å². The topological polar surface area (TPSA) is 21.3 Å². The van der Waals surface area contributed by atoms with Crippen LogP contribution >= 0.6 is 0 Å². The molecule has 0 aromatic heterocycles. The first-order valence-electron chi connectivity index (χ1n) is 8.42. The quantitative estimate of drug-likeness (QED) is 0.499. The SMILES string of the molecule is C=CCCCCCC(NCCC)C1COc2ccccc21. The summed E-state index contributed by atoms with van der Waals surface area (Å²) in [5.74, 6) is 1.59. The van der Waals surface area contributed by atoms with Gasteiger partial charge in [-0.3, -0.25) is 0 Å². The maximum Gasteiger partial charge on any atom is 0.122 e. The minimum atomic E-state index is 0.507. The number of nitrogens with one attached hydrogen (secondary N) is 1. The first-order chi connectivity index (χ1) is 10.4. The summed E-state index contributed by atoms with van der Waals surface area (Å²) in [6.07, 6.45) is 9.43. The monoisotopic (exact) mass is 287 g/mol. The number of benzene rings is 1. The Morgan fingerprint density at radius 2 is 2.19 bits per heavy atom. The molecule has 1 aromatic rings. The molecular formula is C19H29NO. The first kappa shape index (κ1) is 16.1. The molecule has 1 heterocycles. The number of rotatable bonds is 10. The van der Waals surface area contributed by atoms with Crippen molar-refractivity contribution in [3.05, 3.63) is 42.5 Å². The van der Waals surface area contributed by atoms with E-state index in [4.69, 9.17) is 4.74 Å². The third kappa shape index (κ3) is 4.60. The molecule has 2 unspecified atom stereocenters. The lowest BCUT2D eigenvalue weighted by Gasteiger charge is -2.24.